The van der Waals surface area contributed by atoms with Gasteiger partial charge in [0.25, 0.3) is 5.91 Å². The molecule has 2 N–H and O–H groups in total. The Morgan fingerprint density at radius 3 is 2.09 bits per heavy atom. The van der Waals surface area contributed by atoms with E-state index in [0.717, 1.165) is 0 Å². The van der Waals surface area contributed by atoms with Crippen molar-refractivity contribution in [3.05, 3.63) is 71.5 Å². The maximum absolute atomic E-state index is 12.8. The van der Waals surface area contributed by atoms with Gasteiger partial charge in [0.1, 0.15) is 5.82 Å². The van der Waals surface area contributed by atoms with Crippen molar-refractivity contribution in [1.82, 2.24) is 10.6 Å². The second kappa shape index (κ2) is 7.84. The lowest BCUT2D eigenvalue weighted by Crippen LogP contribution is -2.39. The molecule has 0 aliphatic heterocycles. The van der Waals surface area contributed by atoms with E-state index >= 15 is 0 Å². The fourth-order valence-electron chi connectivity index (χ4n) is 1.83. The average Bonchev–Trinajstić information content (AvgIpc) is 2.59. The van der Waals surface area contributed by atoms with E-state index < -0.39 is 11.7 Å². The van der Waals surface area contributed by atoms with Gasteiger partial charge >= 0.3 is 0 Å². The molecule has 0 heterocycles. The highest BCUT2D eigenvalue weighted by atomic mass is 19.1. The molecule has 0 fully saturated rings. The monoisotopic (exact) mass is 314 g/mol. The molecule has 0 atom stereocenters. The Bertz CT molecular complexity index is 700. The molecular formula is C17H15FN2O3. The van der Waals surface area contributed by atoms with Crippen LogP contribution in [0.2, 0.25) is 0 Å². The van der Waals surface area contributed by atoms with Crippen LogP contribution < -0.4 is 10.6 Å². The summed E-state index contributed by atoms with van der Waals surface area (Å²) in [6, 6.07) is 13.5. The molecule has 0 saturated heterocycles. The van der Waals surface area contributed by atoms with Gasteiger partial charge in [-0.25, -0.2) is 4.39 Å². The van der Waals surface area contributed by atoms with Crippen LogP contribution in [0.15, 0.2) is 54.6 Å². The summed E-state index contributed by atoms with van der Waals surface area (Å²) in [5.74, 6) is -1.63. The largest absolute Gasteiger partial charge is 0.347 e. The lowest BCUT2D eigenvalue weighted by molar-refractivity contribution is -0.119. The number of amides is 2. The molecule has 2 aromatic rings. The third-order valence-electron chi connectivity index (χ3n) is 3.06. The Labute approximate surface area is 132 Å². The number of carbonyl (C=O) groups is 3. The second-order valence-electron chi connectivity index (χ2n) is 4.76. The van der Waals surface area contributed by atoms with Crippen molar-refractivity contribution in [2.24, 2.45) is 0 Å². The fourth-order valence-corrected chi connectivity index (χ4v) is 1.83. The predicted molar refractivity (Wildman–Crippen MR) is 82.5 cm³/mol. The standard InChI is InChI=1S/C17H15FN2O3/c18-14-8-6-12(7-9-14)15(21)10-19-16(22)11-20-17(23)13-4-2-1-3-5-13/h1-9H,10-11H2,(H,19,22)(H,20,23). The lowest BCUT2D eigenvalue weighted by Gasteiger charge is -2.07. The molecule has 0 unspecified atom stereocenters. The van der Waals surface area contributed by atoms with E-state index in [9.17, 15) is 18.8 Å². The summed E-state index contributed by atoms with van der Waals surface area (Å²) in [5, 5.41) is 4.86. The van der Waals surface area contributed by atoms with Gasteiger partial charge in [0.2, 0.25) is 5.91 Å². The Hall–Kier alpha value is -3.02. The van der Waals surface area contributed by atoms with Crippen molar-refractivity contribution >= 4 is 17.6 Å². The van der Waals surface area contributed by atoms with E-state index in [0.29, 0.717) is 11.1 Å². The minimum Gasteiger partial charge on any atom is -0.347 e. The SMILES string of the molecule is O=C(CNC(=O)c1ccccc1)NCC(=O)c1ccc(F)cc1. The molecule has 2 rings (SSSR count). The highest BCUT2D eigenvalue weighted by molar-refractivity contribution is 6.00. The topological polar surface area (TPSA) is 75.3 Å². The molecule has 0 aromatic heterocycles. The van der Waals surface area contributed by atoms with Gasteiger partial charge in [-0.15, -0.1) is 0 Å². The van der Waals surface area contributed by atoms with E-state index in [1.54, 1.807) is 30.3 Å². The number of halogens is 1. The molecule has 0 saturated carbocycles. The summed E-state index contributed by atoms with van der Waals surface area (Å²) in [7, 11) is 0. The van der Waals surface area contributed by atoms with Gasteiger partial charge in [0.05, 0.1) is 13.1 Å². The quantitative estimate of drug-likeness (QED) is 0.795. The number of ketones is 1. The zero-order valence-corrected chi connectivity index (χ0v) is 12.2. The molecule has 0 bridgehead atoms. The summed E-state index contributed by atoms with van der Waals surface area (Å²) in [6.45, 7) is -0.448. The van der Waals surface area contributed by atoms with Crippen molar-refractivity contribution in [2.45, 2.75) is 0 Å². The van der Waals surface area contributed by atoms with Crippen LogP contribution in [0.25, 0.3) is 0 Å². The molecule has 0 aliphatic rings. The molecule has 5 nitrogen and oxygen atoms in total. The maximum atomic E-state index is 12.8. The second-order valence-corrected chi connectivity index (χ2v) is 4.76. The van der Waals surface area contributed by atoms with Gasteiger partial charge in [-0.05, 0) is 36.4 Å². The number of benzene rings is 2. The van der Waals surface area contributed by atoms with Gasteiger partial charge in [0.15, 0.2) is 5.78 Å². The van der Waals surface area contributed by atoms with Crippen LogP contribution in [0, 0.1) is 5.82 Å². The fraction of sp³-hybridized carbons (Fsp3) is 0.118. The Morgan fingerprint density at radius 2 is 1.43 bits per heavy atom. The third-order valence-corrected chi connectivity index (χ3v) is 3.06. The summed E-state index contributed by atoms with van der Waals surface area (Å²) < 4.78 is 12.8. The highest BCUT2D eigenvalue weighted by Gasteiger charge is 2.10. The number of rotatable bonds is 6. The first-order valence-corrected chi connectivity index (χ1v) is 6.95. The minimum absolute atomic E-state index is 0.217. The number of hydrogen-bond acceptors (Lipinski definition) is 3. The highest BCUT2D eigenvalue weighted by Crippen LogP contribution is 2.03. The van der Waals surface area contributed by atoms with E-state index in [1.807, 2.05) is 0 Å². The smallest absolute Gasteiger partial charge is 0.251 e. The lowest BCUT2D eigenvalue weighted by atomic mass is 10.1. The molecule has 0 aliphatic carbocycles. The van der Waals surface area contributed by atoms with Gasteiger partial charge in [-0.2, -0.15) is 0 Å². The molecule has 6 heteroatoms. The normalized spacial score (nSPS) is 9.96. The first kappa shape index (κ1) is 16.4. The van der Waals surface area contributed by atoms with Crippen LogP contribution in [0.3, 0.4) is 0 Å². The molecule has 2 amide bonds. The Morgan fingerprint density at radius 1 is 0.783 bits per heavy atom. The van der Waals surface area contributed by atoms with E-state index in [-0.39, 0.29) is 24.8 Å². The van der Waals surface area contributed by atoms with Crippen LogP contribution in [-0.2, 0) is 4.79 Å². The number of carbonyl (C=O) groups excluding carboxylic acids is 3. The minimum atomic E-state index is -0.482. The van der Waals surface area contributed by atoms with Crippen molar-refractivity contribution in [3.8, 4) is 0 Å². The Balaban J connectivity index is 1.76. The first-order valence-electron chi connectivity index (χ1n) is 6.95. The molecule has 0 spiro atoms. The zero-order chi connectivity index (χ0) is 16.7. The van der Waals surface area contributed by atoms with E-state index in [1.165, 1.54) is 24.3 Å². The van der Waals surface area contributed by atoms with Crippen LogP contribution in [-0.4, -0.2) is 30.7 Å². The first-order chi connectivity index (χ1) is 11.1. The molecule has 2 aromatic carbocycles. The zero-order valence-electron chi connectivity index (χ0n) is 12.2. The number of Topliss-reactive ketones (excluding diaryl/α,β-unsaturated/α-hetero) is 1. The predicted octanol–water partition coefficient (Wildman–Crippen LogP) is 1.55. The molecule has 118 valence electrons. The third kappa shape index (κ3) is 5.03. The summed E-state index contributed by atoms with van der Waals surface area (Å²) >= 11 is 0. The van der Waals surface area contributed by atoms with E-state index in [4.69, 9.17) is 0 Å². The molecule has 0 radical (unpaired) electrons. The van der Waals surface area contributed by atoms with Crippen LogP contribution in [0.1, 0.15) is 20.7 Å². The summed E-state index contributed by atoms with van der Waals surface area (Å²) in [6.07, 6.45) is 0. The van der Waals surface area contributed by atoms with E-state index in [2.05, 4.69) is 10.6 Å². The summed E-state index contributed by atoms with van der Waals surface area (Å²) in [5.41, 5.74) is 0.753. The van der Waals surface area contributed by atoms with Crippen LogP contribution in [0.4, 0.5) is 4.39 Å². The maximum Gasteiger partial charge on any atom is 0.251 e. The Kier molecular flexibility index (Phi) is 5.57. The van der Waals surface area contributed by atoms with Crippen molar-refractivity contribution in [3.63, 3.8) is 0 Å². The van der Waals surface area contributed by atoms with Gasteiger partial charge < -0.3 is 10.6 Å². The van der Waals surface area contributed by atoms with Gasteiger partial charge in [-0.1, -0.05) is 18.2 Å². The van der Waals surface area contributed by atoms with Crippen molar-refractivity contribution in [1.29, 1.82) is 0 Å². The number of nitrogens with one attached hydrogen (secondary N) is 2. The number of hydrogen-bond donors (Lipinski definition) is 2. The molecule has 23 heavy (non-hydrogen) atoms. The van der Waals surface area contributed by atoms with Crippen molar-refractivity contribution < 1.29 is 18.8 Å². The van der Waals surface area contributed by atoms with Crippen molar-refractivity contribution in [2.75, 3.05) is 13.1 Å². The summed E-state index contributed by atoms with van der Waals surface area (Å²) in [4.78, 5) is 35.2. The van der Waals surface area contributed by atoms with Crippen LogP contribution >= 0.6 is 0 Å². The molecular weight excluding hydrogens is 299 g/mol. The average molecular weight is 314 g/mol. The van der Waals surface area contributed by atoms with Gasteiger partial charge in [-0.3, -0.25) is 14.4 Å². The van der Waals surface area contributed by atoms with Gasteiger partial charge in [0, 0.05) is 11.1 Å². The van der Waals surface area contributed by atoms with Crippen LogP contribution in [0.5, 0.6) is 0 Å².